The molecule has 1 saturated heterocycles. The first-order valence-corrected chi connectivity index (χ1v) is 10.4. The lowest BCUT2D eigenvalue weighted by Crippen LogP contribution is -2.43. The molecule has 1 aliphatic heterocycles. The van der Waals surface area contributed by atoms with Crippen LogP contribution in [0.1, 0.15) is 29.0 Å². The average Bonchev–Trinajstić information content (AvgIpc) is 2.75. The molecule has 2 atom stereocenters. The molecule has 0 aliphatic carbocycles. The number of nitrogens with zero attached hydrogens (tertiary/aromatic N) is 1. The summed E-state index contributed by atoms with van der Waals surface area (Å²) < 4.78 is 0. The summed E-state index contributed by atoms with van der Waals surface area (Å²) in [6.45, 7) is 4.77. The Morgan fingerprint density at radius 1 is 0.931 bits per heavy atom. The fraction of sp³-hybridized carbons (Fsp3) is 0.269. The molecule has 29 heavy (non-hydrogen) atoms. The summed E-state index contributed by atoms with van der Waals surface area (Å²) >= 11 is 0. The summed E-state index contributed by atoms with van der Waals surface area (Å²) in [5, 5.41) is 3.11. The molecule has 0 bridgehead atoms. The van der Waals surface area contributed by atoms with Crippen LogP contribution < -0.4 is 5.32 Å². The number of carbonyl (C=O) groups excluding carboxylic acids is 1. The molecular formula is C26H28N2O. The highest BCUT2D eigenvalue weighted by molar-refractivity contribution is 5.92. The van der Waals surface area contributed by atoms with E-state index in [-0.39, 0.29) is 11.8 Å². The fourth-order valence-corrected chi connectivity index (χ4v) is 4.28. The molecule has 3 aromatic carbocycles. The summed E-state index contributed by atoms with van der Waals surface area (Å²) in [4.78, 5) is 15.5. The van der Waals surface area contributed by atoms with Crippen LogP contribution in [0, 0.1) is 12.8 Å². The molecular weight excluding hydrogens is 356 g/mol. The van der Waals surface area contributed by atoms with Crippen molar-refractivity contribution in [3.63, 3.8) is 0 Å². The third-order valence-electron chi connectivity index (χ3n) is 5.70. The molecule has 0 saturated carbocycles. The number of anilines is 1. The van der Waals surface area contributed by atoms with Gasteiger partial charge in [0.25, 0.3) is 0 Å². The Kier molecular flexibility index (Phi) is 6.06. The molecule has 0 spiro atoms. The second-order valence-corrected chi connectivity index (χ2v) is 8.08. The van der Waals surface area contributed by atoms with Crippen LogP contribution in [0.2, 0.25) is 0 Å². The van der Waals surface area contributed by atoms with Gasteiger partial charge in [-0.3, -0.25) is 9.69 Å². The zero-order chi connectivity index (χ0) is 20.1. The first kappa shape index (κ1) is 19.4. The number of piperidine rings is 1. The zero-order valence-electron chi connectivity index (χ0n) is 16.9. The van der Waals surface area contributed by atoms with Gasteiger partial charge in [-0.05, 0) is 42.5 Å². The second-order valence-electron chi connectivity index (χ2n) is 8.08. The molecule has 2 unspecified atom stereocenters. The van der Waals surface area contributed by atoms with Gasteiger partial charge in [0, 0.05) is 25.3 Å². The number of hydrogen-bond acceptors (Lipinski definition) is 2. The van der Waals surface area contributed by atoms with Crippen LogP contribution in [0.15, 0.2) is 84.9 Å². The minimum absolute atomic E-state index is 0.0295. The van der Waals surface area contributed by atoms with E-state index >= 15 is 0 Å². The number of benzene rings is 3. The Hall–Kier alpha value is -2.91. The molecule has 1 heterocycles. The predicted molar refractivity (Wildman–Crippen MR) is 119 cm³/mol. The van der Waals surface area contributed by atoms with Gasteiger partial charge in [0.2, 0.25) is 5.91 Å². The third kappa shape index (κ3) is 5.12. The number of amides is 1. The van der Waals surface area contributed by atoms with Gasteiger partial charge in [-0.15, -0.1) is 0 Å². The van der Waals surface area contributed by atoms with Crippen molar-refractivity contribution < 1.29 is 4.79 Å². The monoisotopic (exact) mass is 384 g/mol. The highest BCUT2D eigenvalue weighted by Gasteiger charge is 2.32. The Balaban J connectivity index is 1.54. The van der Waals surface area contributed by atoms with Crippen LogP contribution in [-0.2, 0) is 11.3 Å². The van der Waals surface area contributed by atoms with Crippen molar-refractivity contribution in [2.24, 2.45) is 5.92 Å². The van der Waals surface area contributed by atoms with E-state index in [9.17, 15) is 4.79 Å². The highest BCUT2D eigenvalue weighted by Crippen LogP contribution is 2.32. The lowest BCUT2D eigenvalue weighted by Gasteiger charge is -2.37. The normalized spacial score (nSPS) is 19.6. The van der Waals surface area contributed by atoms with Crippen LogP contribution in [0.3, 0.4) is 0 Å². The molecule has 0 radical (unpaired) electrons. The van der Waals surface area contributed by atoms with E-state index in [4.69, 9.17) is 0 Å². The number of carbonyl (C=O) groups is 1. The molecule has 1 amide bonds. The lowest BCUT2D eigenvalue weighted by molar-refractivity contribution is -0.121. The Morgan fingerprint density at radius 2 is 1.66 bits per heavy atom. The van der Waals surface area contributed by atoms with Crippen LogP contribution in [-0.4, -0.2) is 23.9 Å². The Labute approximate surface area is 173 Å². The first-order chi connectivity index (χ1) is 14.2. The van der Waals surface area contributed by atoms with Gasteiger partial charge in [-0.1, -0.05) is 78.4 Å². The van der Waals surface area contributed by atoms with Crippen molar-refractivity contribution in [3.8, 4) is 0 Å². The summed E-state index contributed by atoms with van der Waals surface area (Å²) in [7, 11) is 0. The van der Waals surface area contributed by atoms with Crippen LogP contribution in [0.25, 0.3) is 0 Å². The van der Waals surface area contributed by atoms with Crippen LogP contribution in [0.4, 0.5) is 5.69 Å². The first-order valence-electron chi connectivity index (χ1n) is 10.4. The number of likely N-dealkylation sites (tertiary alicyclic amines) is 1. The van der Waals surface area contributed by atoms with Crippen molar-refractivity contribution in [1.29, 1.82) is 0 Å². The molecule has 1 fully saturated rings. The largest absolute Gasteiger partial charge is 0.326 e. The van der Waals surface area contributed by atoms with Gasteiger partial charge in [0.15, 0.2) is 0 Å². The zero-order valence-corrected chi connectivity index (χ0v) is 16.9. The molecule has 0 aromatic heterocycles. The van der Waals surface area contributed by atoms with Gasteiger partial charge < -0.3 is 5.32 Å². The molecule has 1 N–H and O–H groups in total. The van der Waals surface area contributed by atoms with E-state index in [1.54, 1.807) is 0 Å². The molecule has 3 aromatic rings. The van der Waals surface area contributed by atoms with E-state index in [1.165, 1.54) is 16.7 Å². The van der Waals surface area contributed by atoms with Crippen molar-refractivity contribution in [1.82, 2.24) is 4.90 Å². The Bertz CT molecular complexity index is 939. The summed E-state index contributed by atoms with van der Waals surface area (Å²) in [6, 6.07) is 29.0. The maximum Gasteiger partial charge on any atom is 0.228 e. The number of aryl methyl sites for hydroxylation is 1. The lowest BCUT2D eigenvalue weighted by atomic mass is 9.83. The van der Waals surface area contributed by atoms with Crippen molar-refractivity contribution in [3.05, 3.63) is 102 Å². The highest BCUT2D eigenvalue weighted by atomic mass is 16.1. The van der Waals surface area contributed by atoms with Gasteiger partial charge in [0.1, 0.15) is 0 Å². The van der Waals surface area contributed by atoms with Crippen molar-refractivity contribution in [2.45, 2.75) is 25.8 Å². The smallest absolute Gasteiger partial charge is 0.228 e. The number of para-hydroxylation sites is 1. The quantitative estimate of drug-likeness (QED) is 0.652. The van der Waals surface area contributed by atoms with E-state index < -0.39 is 0 Å². The van der Waals surface area contributed by atoms with Gasteiger partial charge in [-0.25, -0.2) is 0 Å². The summed E-state index contributed by atoms with van der Waals surface area (Å²) in [6.07, 6.45) is 0.882. The molecule has 3 nitrogen and oxygen atoms in total. The second kappa shape index (κ2) is 9.06. The maximum atomic E-state index is 13.1. The number of hydrogen-bond donors (Lipinski definition) is 1. The van der Waals surface area contributed by atoms with E-state index in [2.05, 4.69) is 65.7 Å². The minimum Gasteiger partial charge on any atom is -0.326 e. The fourth-order valence-electron chi connectivity index (χ4n) is 4.28. The number of rotatable bonds is 5. The molecule has 1 aliphatic rings. The van der Waals surface area contributed by atoms with Crippen molar-refractivity contribution in [2.75, 3.05) is 18.4 Å². The minimum atomic E-state index is -0.0295. The average molecular weight is 385 g/mol. The third-order valence-corrected chi connectivity index (χ3v) is 5.70. The van der Waals surface area contributed by atoms with Crippen molar-refractivity contribution >= 4 is 11.6 Å². The van der Waals surface area contributed by atoms with Crippen LogP contribution in [0.5, 0.6) is 0 Å². The molecule has 3 heteroatoms. The standard InChI is InChI=1S/C26H28N2O/c1-20-9-8-12-22(15-20)23-16-24(26(29)27-25-13-6-3-7-14-25)19-28(18-23)17-21-10-4-2-5-11-21/h2-15,23-24H,16-19H2,1H3,(H,27,29). The molecule has 4 rings (SSSR count). The van der Waals surface area contributed by atoms with E-state index in [1.807, 2.05) is 36.4 Å². The SMILES string of the molecule is Cc1cccc(C2CC(C(=O)Nc3ccccc3)CN(Cc3ccccc3)C2)c1. The summed E-state index contributed by atoms with van der Waals surface area (Å²) in [5.41, 5.74) is 4.76. The summed E-state index contributed by atoms with van der Waals surface area (Å²) in [5.74, 6) is 0.448. The van der Waals surface area contributed by atoms with E-state index in [0.29, 0.717) is 5.92 Å². The van der Waals surface area contributed by atoms with Gasteiger partial charge >= 0.3 is 0 Å². The topological polar surface area (TPSA) is 32.3 Å². The predicted octanol–water partition coefficient (Wildman–Crippen LogP) is 5.24. The molecule has 148 valence electrons. The van der Waals surface area contributed by atoms with Gasteiger partial charge in [0.05, 0.1) is 5.92 Å². The number of nitrogens with one attached hydrogen (secondary N) is 1. The Morgan fingerprint density at radius 3 is 2.38 bits per heavy atom. The maximum absolute atomic E-state index is 13.1. The van der Waals surface area contributed by atoms with Crippen LogP contribution >= 0.6 is 0 Å². The van der Waals surface area contributed by atoms with E-state index in [0.717, 1.165) is 31.7 Å². The van der Waals surface area contributed by atoms with Gasteiger partial charge in [-0.2, -0.15) is 0 Å².